The molecule has 2 aliphatic rings. The number of anilines is 1. The molecular weight excluding hydrogens is 656 g/mol. The predicted octanol–water partition coefficient (Wildman–Crippen LogP) is 3.17. The van der Waals surface area contributed by atoms with Gasteiger partial charge in [0.05, 0.1) is 24.1 Å². The molecule has 0 aromatic heterocycles. The number of nitrogens with zero attached hydrogens (tertiary/aromatic N) is 3. The van der Waals surface area contributed by atoms with Crippen LogP contribution < -0.4 is 25.6 Å². The maximum absolute atomic E-state index is 14.9. The predicted molar refractivity (Wildman–Crippen MR) is 166 cm³/mol. The van der Waals surface area contributed by atoms with Crippen molar-refractivity contribution in [3.05, 3.63) is 83.7 Å². The minimum atomic E-state index is -4.55. The Morgan fingerprint density at radius 1 is 1.12 bits per heavy atom. The molecule has 1 aliphatic heterocycles. The molecule has 1 unspecified atom stereocenters. The lowest BCUT2D eigenvalue weighted by atomic mass is 9.94. The summed E-state index contributed by atoms with van der Waals surface area (Å²) in [4.78, 5) is 29.8. The third kappa shape index (κ3) is 8.97. The fourth-order valence-corrected chi connectivity index (χ4v) is 7.24. The van der Waals surface area contributed by atoms with Crippen LogP contribution in [0.5, 0.6) is 5.75 Å². The number of ether oxygens (including phenoxy) is 1. The average molecular weight is 689 g/mol. The molecule has 1 heterocycles. The highest BCUT2D eigenvalue weighted by Crippen LogP contribution is 2.29. The van der Waals surface area contributed by atoms with Crippen LogP contribution in [-0.2, 0) is 25.2 Å². The first-order chi connectivity index (χ1) is 22.8. The van der Waals surface area contributed by atoms with E-state index in [9.17, 15) is 40.8 Å². The molecule has 3 N–H and O–H groups in total. The van der Waals surface area contributed by atoms with Crippen LogP contribution in [0.1, 0.15) is 24.8 Å². The molecular formula is C32H32F4N6O5S. The highest BCUT2D eigenvalue weighted by Gasteiger charge is 2.48. The quantitative estimate of drug-likeness (QED) is 0.163. The number of carbonyl (C=O) groups is 2. The summed E-state index contributed by atoms with van der Waals surface area (Å²) in [6.45, 7) is -2.96. The second kappa shape index (κ2) is 15.4. The van der Waals surface area contributed by atoms with E-state index in [1.54, 1.807) is 6.07 Å². The van der Waals surface area contributed by atoms with Crippen molar-refractivity contribution in [1.29, 1.82) is 10.5 Å². The van der Waals surface area contributed by atoms with Gasteiger partial charge in [-0.15, -0.1) is 0 Å². The monoisotopic (exact) mass is 688 g/mol. The number of para-hydroxylation sites is 1. The van der Waals surface area contributed by atoms with E-state index in [0.717, 1.165) is 36.4 Å². The molecule has 0 saturated carbocycles. The van der Waals surface area contributed by atoms with Gasteiger partial charge < -0.3 is 20.3 Å². The van der Waals surface area contributed by atoms with Crippen LogP contribution in [0.3, 0.4) is 0 Å². The first-order valence-electron chi connectivity index (χ1n) is 14.8. The SMILES string of the molecule is N#CCN[C@@](CS(=O)(=O)Cc1ccccc1OC(F)F)(NC(=O)C1=CCC(F)(C#N)C=C1)C(=O)N(c1ccc(F)cc1)C1CCNCC1. The minimum Gasteiger partial charge on any atom is -0.435 e. The fraction of sp³-hybridized carbons (Fsp3) is 0.375. The number of carbonyl (C=O) groups excluding carboxylic acids is 2. The van der Waals surface area contributed by atoms with Crippen molar-refractivity contribution in [2.24, 2.45) is 0 Å². The van der Waals surface area contributed by atoms with Gasteiger partial charge in [0.25, 0.3) is 11.8 Å². The van der Waals surface area contributed by atoms with E-state index in [-0.39, 0.29) is 16.8 Å². The van der Waals surface area contributed by atoms with E-state index in [1.165, 1.54) is 41.3 Å². The molecule has 1 saturated heterocycles. The van der Waals surface area contributed by atoms with E-state index in [1.807, 2.05) is 0 Å². The first kappa shape index (κ1) is 36.1. The number of amides is 2. The van der Waals surface area contributed by atoms with E-state index >= 15 is 0 Å². The van der Waals surface area contributed by atoms with E-state index in [4.69, 9.17) is 5.26 Å². The van der Waals surface area contributed by atoms with E-state index in [0.29, 0.717) is 25.9 Å². The van der Waals surface area contributed by atoms with Crippen molar-refractivity contribution in [2.45, 2.75) is 49.0 Å². The van der Waals surface area contributed by atoms with Crippen LogP contribution in [0, 0.1) is 28.5 Å². The van der Waals surface area contributed by atoms with Crippen molar-refractivity contribution >= 4 is 27.3 Å². The number of hydrogen-bond acceptors (Lipinski definition) is 9. The normalized spacial score (nSPS) is 19.4. The number of nitrogens with one attached hydrogen (secondary N) is 3. The molecule has 2 amide bonds. The molecule has 2 aromatic rings. The highest BCUT2D eigenvalue weighted by atomic mass is 32.2. The second-order valence-corrected chi connectivity index (χ2v) is 13.3. The van der Waals surface area contributed by atoms with Gasteiger partial charge in [-0.2, -0.15) is 19.3 Å². The lowest BCUT2D eigenvalue weighted by Crippen LogP contribution is -2.72. The number of rotatable bonds is 13. The van der Waals surface area contributed by atoms with Gasteiger partial charge in [-0.3, -0.25) is 14.9 Å². The lowest BCUT2D eigenvalue weighted by molar-refractivity contribution is -0.131. The Labute approximate surface area is 274 Å². The zero-order valence-corrected chi connectivity index (χ0v) is 26.3. The number of piperidine rings is 1. The summed E-state index contributed by atoms with van der Waals surface area (Å²) in [5.41, 5.74) is -5.14. The largest absolute Gasteiger partial charge is 0.435 e. The van der Waals surface area contributed by atoms with E-state index < -0.39 is 81.7 Å². The number of alkyl halides is 3. The molecule has 11 nitrogen and oxygen atoms in total. The first-order valence-corrected chi connectivity index (χ1v) is 16.6. The molecule has 4 rings (SSSR count). The van der Waals surface area contributed by atoms with Crippen LogP contribution in [0.25, 0.3) is 0 Å². The number of sulfone groups is 1. The Balaban J connectivity index is 1.83. The second-order valence-electron chi connectivity index (χ2n) is 11.2. The Morgan fingerprint density at radius 2 is 1.81 bits per heavy atom. The number of halogens is 4. The van der Waals surface area contributed by atoms with Crippen LogP contribution >= 0.6 is 0 Å². The highest BCUT2D eigenvalue weighted by molar-refractivity contribution is 7.90. The van der Waals surface area contributed by atoms with Gasteiger partial charge in [0.1, 0.15) is 17.6 Å². The molecule has 0 radical (unpaired) electrons. The summed E-state index contributed by atoms with van der Waals surface area (Å²) in [6, 6.07) is 12.7. The van der Waals surface area contributed by atoms with Crippen molar-refractivity contribution in [3.8, 4) is 17.9 Å². The van der Waals surface area contributed by atoms with E-state index in [2.05, 4.69) is 20.7 Å². The lowest BCUT2D eigenvalue weighted by Gasteiger charge is -2.42. The molecule has 0 spiro atoms. The zero-order chi connectivity index (χ0) is 35.0. The molecule has 16 heteroatoms. The summed E-state index contributed by atoms with van der Waals surface area (Å²) in [5.74, 6) is -5.17. The van der Waals surface area contributed by atoms with Crippen molar-refractivity contribution < 1.29 is 40.3 Å². The molecule has 1 aliphatic carbocycles. The molecule has 2 atom stereocenters. The maximum atomic E-state index is 14.9. The Hall–Kier alpha value is -4.77. The smallest absolute Gasteiger partial charge is 0.387 e. The van der Waals surface area contributed by atoms with Gasteiger partial charge in [-0.05, 0) is 68.4 Å². The Kier molecular flexibility index (Phi) is 11.6. The molecule has 254 valence electrons. The van der Waals surface area contributed by atoms with Crippen molar-refractivity contribution in [2.75, 3.05) is 30.3 Å². The summed E-state index contributed by atoms with van der Waals surface area (Å²) < 4.78 is 87.0. The van der Waals surface area contributed by atoms with Gasteiger partial charge in [0.2, 0.25) is 5.67 Å². The van der Waals surface area contributed by atoms with Crippen molar-refractivity contribution in [1.82, 2.24) is 16.0 Å². The maximum Gasteiger partial charge on any atom is 0.387 e. The minimum absolute atomic E-state index is 0.159. The standard InChI is InChI=1S/C32H32F4N6O5S/c33-24-5-7-25(8-6-24)42(26-11-16-39-17-12-26)29(44)32(40-18-15-37,41-28(43)22-9-13-31(36,20-38)14-10-22)21-48(45,46)19-23-3-1-2-4-27(23)47-30(34)35/h1-10,13,26,30,39-40H,11-12,14,16-19,21H2,(H,41,43)/t31?,32-/m0/s1. The third-order valence-corrected chi connectivity index (χ3v) is 9.38. The summed E-state index contributed by atoms with van der Waals surface area (Å²) in [5, 5.41) is 26.8. The van der Waals surface area contributed by atoms with Gasteiger partial charge in [0.15, 0.2) is 15.5 Å². The van der Waals surface area contributed by atoms with Gasteiger partial charge in [0, 0.05) is 29.3 Å². The molecule has 48 heavy (non-hydrogen) atoms. The fourth-order valence-electron chi connectivity index (χ4n) is 5.46. The summed E-state index contributed by atoms with van der Waals surface area (Å²) in [6.07, 6.45) is 3.23. The van der Waals surface area contributed by atoms with Gasteiger partial charge in [-0.25, -0.2) is 17.2 Å². The third-order valence-electron chi connectivity index (χ3n) is 7.75. The van der Waals surface area contributed by atoms with Crippen LogP contribution in [0.4, 0.5) is 23.2 Å². The number of nitriles is 2. The number of allylic oxidation sites excluding steroid dienone is 2. The number of hydrogen-bond donors (Lipinski definition) is 3. The summed E-state index contributed by atoms with van der Waals surface area (Å²) >= 11 is 0. The van der Waals surface area contributed by atoms with Crippen LogP contribution in [-0.4, -0.2) is 69.6 Å². The topological polar surface area (TPSA) is 164 Å². The van der Waals surface area contributed by atoms with Crippen molar-refractivity contribution in [3.63, 3.8) is 0 Å². The van der Waals surface area contributed by atoms with Gasteiger partial charge in [-0.1, -0.05) is 24.3 Å². The summed E-state index contributed by atoms with van der Waals surface area (Å²) in [7, 11) is -4.55. The molecule has 2 aromatic carbocycles. The van der Waals surface area contributed by atoms with Gasteiger partial charge >= 0.3 is 6.61 Å². The zero-order valence-electron chi connectivity index (χ0n) is 25.5. The molecule has 0 bridgehead atoms. The molecule has 1 fully saturated rings. The van der Waals surface area contributed by atoms with Crippen LogP contribution in [0.2, 0.25) is 0 Å². The Morgan fingerprint density at radius 3 is 2.42 bits per heavy atom. The van der Waals surface area contributed by atoms with Crippen LogP contribution in [0.15, 0.2) is 72.3 Å². The Bertz CT molecular complexity index is 1750. The number of benzene rings is 2. The average Bonchev–Trinajstić information content (AvgIpc) is 3.05.